The lowest BCUT2D eigenvalue weighted by Gasteiger charge is -2.20. The molecule has 1 amide bonds. The molecule has 1 aliphatic rings. The highest BCUT2D eigenvalue weighted by molar-refractivity contribution is 7.89. The van der Waals surface area contributed by atoms with E-state index < -0.39 is 15.9 Å². The summed E-state index contributed by atoms with van der Waals surface area (Å²) in [4.78, 5) is 12.8. The molecule has 1 aromatic heterocycles. The molecule has 0 bridgehead atoms. The summed E-state index contributed by atoms with van der Waals surface area (Å²) in [6.07, 6.45) is 3.81. The molecule has 7 nitrogen and oxygen atoms in total. The van der Waals surface area contributed by atoms with E-state index in [0.717, 1.165) is 31.2 Å². The molecule has 156 valence electrons. The van der Waals surface area contributed by atoms with Crippen molar-refractivity contribution in [2.24, 2.45) is 0 Å². The molecule has 30 heavy (non-hydrogen) atoms. The largest absolute Gasteiger partial charge is 0.296 e. The number of hydrogen-bond acceptors (Lipinski definition) is 6. The standard InChI is InChI=1S/C21H22N4O3S2/c26-19(22-21-24-23-20(29-21)16-9-4-3-5-10-16)17-11-8-12-18(15-17)30(27,28)25-13-6-1-2-7-14-25/h3-5,8-12,15H,1-2,6-7,13-14H2,(H,22,24,26). The van der Waals surface area contributed by atoms with Gasteiger partial charge in [-0.1, -0.05) is 60.6 Å². The first-order valence-corrected chi connectivity index (χ1v) is 12.1. The normalized spacial score (nSPS) is 15.5. The van der Waals surface area contributed by atoms with Crippen LogP contribution in [0.1, 0.15) is 36.0 Å². The van der Waals surface area contributed by atoms with Gasteiger partial charge in [-0.05, 0) is 31.0 Å². The summed E-state index contributed by atoms with van der Waals surface area (Å²) in [5.41, 5.74) is 1.18. The zero-order chi connectivity index (χ0) is 21.0. The molecule has 1 fully saturated rings. The van der Waals surface area contributed by atoms with Crippen molar-refractivity contribution in [2.45, 2.75) is 30.6 Å². The van der Waals surface area contributed by atoms with Gasteiger partial charge in [0.1, 0.15) is 5.01 Å². The third kappa shape index (κ3) is 4.58. The molecule has 0 aliphatic carbocycles. The van der Waals surface area contributed by atoms with E-state index in [0.29, 0.717) is 23.2 Å². The zero-order valence-corrected chi connectivity index (χ0v) is 18.0. The average molecular weight is 443 g/mol. The van der Waals surface area contributed by atoms with Crippen LogP contribution in [0.3, 0.4) is 0 Å². The minimum absolute atomic E-state index is 0.138. The molecule has 3 aromatic rings. The molecule has 0 atom stereocenters. The Morgan fingerprint density at radius 3 is 2.40 bits per heavy atom. The minimum atomic E-state index is -3.62. The summed E-state index contributed by atoms with van der Waals surface area (Å²) in [5, 5.41) is 11.9. The Labute approximate surface area is 179 Å². The number of anilines is 1. The van der Waals surface area contributed by atoms with Crippen LogP contribution in [0.15, 0.2) is 59.5 Å². The van der Waals surface area contributed by atoms with Crippen molar-refractivity contribution in [1.29, 1.82) is 0 Å². The van der Waals surface area contributed by atoms with Crippen molar-refractivity contribution in [3.63, 3.8) is 0 Å². The monoisotopic (exact) mass is 442 g/mol. The number of hydrogen-bond donors (Lipinski definition) is 1. The molecule has 2 aromatic carbocycles. The summed E-state index contributed by atoms with van der Waals surface area (Å²) >= 11 is 1.26. The maximum Gasteiger partial charge on any atom is 0.257 e. The van der Waals surface area contributed by atoms with Gasteiger partial charge in [0.2, 0.25) is 15.2 Å². The molecular weight excluding hydrogens is 420 g/mol. The molecule has 0 spiro atoms. The third-order valence-electron chi connectivity index (χ3n) is 4.97. The van der Waals surface area contributed by atoms with Crippen molar-refractivity contribution >= 4 is 32.4 Å². The topological polar surface area (TPSA) is 92.3 Å². The predicted octanol–water partition coefficient (Wildman–Crippen LogP) is 4.02. The van der Waals surface area contributed by atoms with Gasteiger partial charge in [0, 0.05) is 24.2 Å². The van der Waals surface area contributed by atoms with E-state index in [1.165, 1.54) is 27.8 Å². The lowest BCUT2D eigenvalue weighted by molar-refractivity contribution is 0.102. The molecule has 1 aliphatic heterocycles. The van der Waals surface area contributed by atoms with Gasteiger partial charge in [0.15, 0.2) is 0 Å². The van der Waals surface area contributed by atoms with E-state index in [1.807, 2.05) is 30.3 Å². The number of rotatable bonds is 5. The molecule has 1 saturated heterocycles. The Morgan fingerprint density at radius 1 is 0.933 bits per heavy atom. The number of benzene rings is 2. The molecule has 9 heteroatoms. The fraction of sp³-hybridized carbons (Fsp3) is 0.286. The summed E-state index contributed by atoms with van der Waals surface area (Å²) in [7, 11) is -3.62. The number of carbonyl (C=O) groups is 1. The number of aromatic nitrogens is 2. The molecule has 0 unspecified atom stereocenters. The van der Waals surface area contributed by atoms with Gasteiger partial charge >= 0.3 is 0 Å². The summed E-state index contributed by atoms with van der Waals surface area (Å²) in [6, 6.07) is 15.7. The first-order chi connectivity index (χ1) is 14.5. The van der Waals surface area contributed by atoms with Crippen molar-refractivity contribution < 1.29 is 13.2 Å². The minimum Gasteiger partial charge on any atom is -0.296 e. The Balaban J connectivity index is 1.51. The van der Waals surface area contributed by atoms with E-state index >= 15 is 0 Å². The van der Waals surface area contributed by atoms with E-state index in [4.69, 9.17) is 0 Å². The van der Waals surface area contributed by atoms with Crippen molar-refractivity contribution in [3.8, 4) is 10.6 Å². The van der Waals surface area contributed by atoms with Gasteiger partial charge in [-0.25, -0.2) is 8.42 Å². The zero-order valence-electron chi connectivity index (χ0n) is 16.3. The Morgan fingerprint density at radius 2 is 1.67 bits per heavy atom. The van der Waals surface area contributed by atoms with E-state index in [1.54, 1.807) is 12.1 Å². The number of nitrogens with zero attached hydrogens (tertiary/aromatic N) is 3. The van der Waals surface area contributed by atoms with Crippen LogP contribution < -0.4 is 5.32 Å². The SMILES string of the molecule is O=C(Nc1nnc(-c2ccccc2)s1)c1cccc(S(=O)(=O)N2CCCCCC2)c1. The van der Waals surface area contributed by atoms with Crippen LogP contribution in [0.2, 0.25) is 0 Å². The molecule has 1 N–H and O–H groups in total. The first kappa shape index (κ1) is 20.6. The lowest BCUT2D eigenvalue weighted by Crippen LogP contribution is -2.32. The third-order valence-corrected chi connectivity index (χ3v) is 7.75. The highest BCUT2D eigenvalue weighted by Gasteiger charge is 2.26. The van der Waals surface area contributed by atoms with E-state index in [2.05, 4.69) is 15.5 Å². The van der Waals surface area contributed by atoms with Crippen molar-refractivity contribution in [3.05, 3.63) is 60.2 Å². The van der Waals surface area contributed by atoms with Gasteiger partial charge in [0.25, 0.3) is 5.91 Å². The number of nitrogens with one attached hydrogen (secondary N) is 1. The Kier molecular flexibility index (Phi) is 6.21. The summed E-state index contributed by atoms with van der Waals surface area (Å²) in [5.74, 6) is -0.418. The van der Waals surface area contributed by atoms with Crippen LogP contribution in [0.5, 0.6) is 0 Å². The Bertz CT molecular complexity index is 1120. The predicted molar refractivity (Wildman–Crippen MR) is 117 cm³/mol. The molecule has 2 heterocycles. The van der Waals surface area contributed by atoms with E-state index in [9.17, 15) is 13.2 Å². The van der Waals surface area contributed by atoms with Crippen molar-refractivity contribution in [2.75, 3.05) is 18.4 Å². The number of carbonyl (C=O) groups excluding carboxylic acids is 1. The van der Waals surface area contributed by atoms with E-state index in [-0.39, 0.29) is 10.5 Å². The first-order valence-electron chi connectivity index (χ1n) is 9.84. The van der Waals surface area contributed by atoms with Crippen LogP contribution in [0, 0.1) is 0 Å². The van der Waals surface area contributed by atoms with Crippen LogP contribution >= 0.6 is 11.3 Å². The highest BCUT2D eigenvalue weighted by atomic mass is 32.2. The molecular formula is C21H22N4O3S2. The highest BCUT2D eigenvalue weighted by Crippen LogP contribution is 2.27. The maximum absolute atomic E-state index is 13.0. The molecule has 0 saturated carbocycles. The van der Waals surface area contributed by atoms with Gasteiger partial charge in [0.05, 0.1) is 4.90 Å². The maximum atomic E-state index is 13.0. The smallest absolute Gasteiger partial charge is 0.257 e. The van der Waals surface area contributed by atoms with Crippen LogP contribution in [0.4, 0.5) is 5.13 Å². The van der Waals surface area contributed by atoms with Crippen LogP contribution in [-0.2, 0) is 10.0 Å². The van der Waals surface area contributed by atoms with Crippen LogP contribution in [-0.4, -0.2) is 41.9 Å². The summed E-state index contributed by atoms with van der Waals surface area (Å²) < 4.78 is 27.5. The molecule has 0 radical (unpaired) electrons. The summed E-state index contributed by atoms with van der Waals surface area (Å²) in [6.45, 7) is 1.04. The quantitative estimate of drug-likeness (QED) is 0.644. The second-order valence-electron chi connectivity index (χ2n) is 7.08. The fourth-order valence-corrected chi connectivity index (χ4v) is 5.68. The van der Waals surface area contributed by atoms with Crippen molar-refractivity contribution in [1.82, 2.24) is 14.5 Å². The lowest BCUT2D eigenvalue weighted by atomic mass is 10.2. The second kappa shape index (κ2) is 9.03. The van der Waals surface area contributed by atoms with Crippen LogP contribution in [0.25, 0.3) is 10.6 Å². The van der Waals surface area contributed by atoms with Gasteiger partial charge in [-0.15, -0.1) is 10.2 Å². The number of sulfonamides is 1. The number of amides is 1. The average Bonchev–Trinajstić information content (AvgIpc) is 3.05. The van der Waals surface area contributed by atoms with Gasteiger partial charge in [-0.3, -0.25) is 10.1 Å². The second-order valence-corrected chi connectivity index (χ2v) is 9.99. The van der Waals surface area contributed by atoms with Gasteiger partial charge < -0.3 is 0 Å². The molecule has 4 rings (SSSR count). The fourth-order valence-electron chi connectivity index (χ4n) is 3.37. The van der Waals surface area contributed by atoms with Gasteiger partial charge in [-0.2, -0.15) is 4.31 Å². The Hall–Kier alpha value is -2.62.